The maximum Gasteiger partial charge on any atom is 0.118 e. The first-order valence-electron chi connectivity index (χ1n) is 5.18. The summed E-state index contributed by atoms with van der Waals surface area (Å²) in [5, 5.41) is 0. The van der Waals surface area contributed by atoms with Crippen molar-refractivity contribution in [2.45, 2.75) is 12.5 Å². The van der Waals surface area contributed by atoms with Crippen molar-refractivity contribution in [2.24, 2.45) is 0 Å². The zero-order valence-electron chi connectivity index (χ0n) is 9.90. The van der Waals surface area contributed by atoms with Gasteiger partial charge in [0.2, 0.25) is 0 Å². The van der Waals surface area contributed by atoms with E-state index in [2.05, 4.69) is 13.2 Å². The Balaban J connectivity index is 2.86. The highest BCUT2D eigenvalue weighted by Crippen LogP contribution is 2.27. The third-order valence-electron chi connectivity index (χ3n) is 2.43. The van der Waals surface area contributed by atoms with Crippen molar-refractivity contribution < 1.29 is 9.47 Å². The van der Waals surface area contributed by atoms with Gasteiger partial charge in [0.25, 0.3) is 0 Å². The van der Waals surface area contributed by atoms with Crippen molar-refractivity contribution in [3.8, 4) is 5.75 Å². The second kappa shape index (κ2) is 6.13. The van der Waals surface area contributed by atoms with E-state index < -0.39 is 0 Å². The van der Waals surface area contributed by atoms with Gasteiger partial charge < -0.3 is 9.47 Å². The van der Waals surface area contributed by atoms with Gasteiger partial charge in [-0.1, -0.05) is 24.8 Å². The number of hydrogen-bond acceptors (Lipinski definition) is 2. The van der Waals surface area contributed by atoms with Gasteiger partial charge in [-0.25, -0.2) is 0 Å². The predicted molar refractivity (Wildman–Crippen MR) is 66.7 cm³/mol. The summed E-state index contributed by atoms with van der Waals surface area (Å²) in [6, 6.07) is 7.81. The molecule has 0 aliphatic rings. The van der Waals surface area contributed by atoms with E-state index in [4.69, 9.17) is 9.47 Å². The average Bonchev–Trinajstić information content (AvgIpc) is 2.31. The zero-order chi connectivity index (χ0) is 12.0. The van der Waals surface area contributed by atoms with Crippen LogP contribution in [-0.4, -0.2) is 14.2 Å². The third-order valence-corrected chi connectivity index (χ3v) is 2.43. The van der Waals surface area contributed by atoms with E-state index >= 15 is 0 Å². The molecule has 0 fully saturated rings. The van der Waals surface area contributed by atoms with E-state index in [1.54, 1.807) is 14.2 Å². The summed E-state index contributed by atoms with van der Waals surface area (Å²) in [6.07, 6.45) is 2.51. The van der Waals surface area contributed by atoms with E-state index in [-0.39, 0.29) is 6.10 Å². The maximum absolute atomic E-state index is 5.44. The Labute approximate surface area is 97.2 Å². The molecule has 0 N–H and O–H groups in total. The van der Waals surface area contributed by atoms with Crippen LogP contribution in [0, 0.1) is 0 Å². The smallest absolute Gasteiger partial charge is 0.118 e. The summed E-state index contributed by atoms with van der Waals surface area (Å²) in [6.45, 7) is 7.71. The molecule has 0 aliphatic carbocycles. The van der Waals surface area contributed by atoms with Gasteiger partial charge in [-0.2, -0.15) is 0 Å². The van der Waals surface area contributed by atoms with E-state index in [0.717, 1.165) is 23.3 Å². The molecule has 1 aromatic carbocycles. The molecule has 16 heavy (non-hydrogen) atoms. The molecule has 0 amide bonds. The largest absolute Gasteiger partial charge is 0.497 e. The number of allylic oxidation sites excluding steroid dienone is 1. The van der Waals surface area contributed by atoms with Crippen molar-refractivity contribution >= 4 is 0 Å². The first kappa shape index (κ1) is 12.5. The molecule has 0 spiro atoms. The van der Waals surface area contributed by atoms with Gasteiger partial charge in [-0.05, 0) is 29.7 Å². The van der Waals surface area contributed by atoms with Crippen molar-refractivity contribution in [3.63, 3.8) is 0 Å². The van der Waals surface area contributed by atoms with Crippen LogP contribution in [0.1, 0.15) is 18.1 Å². The van der Waals surface area contributed by atoms with Crippen LogP contribution in [0.2, 0.25) is 0 Å². The van der Waals surface area contributed by atoms with Gasteiger partial charge in [-0.3, -0.25) is 0 Å². The first-order valence-corrected chi connectivity index (χ1v) is 5.18. The highest BCUT2D eigenvalue weighted by Gasteiger charge is 2.13. The minimum Gasteiger partial charge on any atom is -0.497 e. The second-order valence-electron chi connectivity index (χ2n) is 3.54. The first-order chi connectivity index (χ1) is 7.72. The zero-order valence-corrected chi connectivity index (χ0v) is 9.90. The van der Waals surface area contributed by atoms with E-state index in [9.17, 15) is 0 Å². The van der Waals surface area contributed by atoms with Gasteiger partial charge in [0, 0.05) is 7.11 Å². The van der Waals surface area contributed by atoms with Crippen LogP contribution in [0.25, 0.3) is 0 Å². The normalized spacial score (nSPS) is 11.9. The molecule has 1 atom stereocenters. The molecule has 1 rings (SSSR count). The van der Waals surface area contributed by atoms with Crippen molar-refractivity contribution in [3.05, 3.63) is 54.6 Å². The summed E-state index contributed by atoms with van der Waals surface area (Å²) in [5.41, 5.74) is 2.08. The molecule has 0 heterocycles. The average molecular weight is 218 g/mol. The van der Waals surface area contributed by atoms with E-state index in [1.165, 1.54) is 0 Å². The Morgan fingerprint density at radius 3 is 2.38 bits per heavy atom. The lowest BCUT2D eigenvalue weighted by Crippen LogP contribution is -2.03. The van der Waals surface area contributed by atoms with Gasteiger partial charge >= 0.3 is 0 Å². The lowest BCUT2D eigenvalue weighted by molar-refractivity contribution is 0.131. The summed E-state index contributed by atoms with van der Waals surface area (Å²) in [4.78, 5) is 0. The minimum atomic E-state index is -0.0797. The molecule has 2 heteroatoms. The molecule has 2 nitrogen and oxygen atoms in total. The van der Waals surface area contributed by atoms with Gasteiger partial charge in [-0.15, -0.1) is 6.58 Å². The van der Waals surface area contributed by atoms with Crippen LogP contribution in [0.4, 0.5) is 0 Å². The molecular formula is C14H18O2. The Hall–Kier alpha value is -1.54. The molecule has 1 unspecified atom stereocenters. The van der Waals surface area contributed by atoms with E-state index in [1.807, 2.05) is 30.3 Å². The lowest BCUT2D eigenvalue weighted by atomic mass is 10.0. The maximum atomic E-state index is 5.44. The summed E-state index contributed by atoms with van der Waals surface area (Å²) >= 11 is 0. The highest BCUT2D eigenvalue weighted by atomic mass is 16.5. The molecule has 0 saturated carbocycles. The van der Waals surface area contributed by atoms with Crippen LogP contribution in [0.3, 0.4) is 0 Å². The lowest BCUT2D eigenvalue weighted by Gasteiger charge is -2.17. The van der Waals surface area contributed by atoms with Gasteiger partial charge in [0.05, 0.1) is 7.11 Å². The summed E-state index contributed by atoms with van der Waals surface area (Å²) in [7, 11) is 3.34. The van der Waals surface area contributed by atoms with Crippen molar-refractivity contribution in [1.29, 1.82) is 0 Å². The predicted octanol–water partition coefficient (Wildman–Crippen LogP) is 3.52. The Bertz CT molecular complexity index is 352. The Morgan fingerprint density at radius 1 is 1.31 bits per heavy atom. The van der Waals surface area contributed by atoms with Crippen LogP contribution in [0.5, 0.6) is 5.75 Å². The number of ether oxygens (including phenoxy) is 2. The quantitative estimate of drug-likeness (QED) is 0.680. The van der Waals surface area contributed by atoms with Crippen LogP contribution in [-0.2, 0) is 4.74 Å². The van der Waals surface area contributed by atoms with E-state index in [0.29, 0.717) is 0 Å². The molecule has 0 aliphatic heterocycles. The molecule has 0 bridgehead atoms. The molecule has 0 aromatic heterocycles. The number of rotatable bonds is 6. The highest BCUT2D eigenvalue weighted by molar-refractivity contribution is 5.32. The Kier molecular flexibility index (Phi) is 4.80. The fourth-order valence-electron chi connectivity index (χ4n) is 1.61. The molecular weight excluding hydrogens is 200 g/mol. The van der Waals surface area contributed by atoms with Gasteiger partial charge in [0.1, 0.15) is 11.9 Å². The van der Waals surface area contributed by atoms with Crippen LogP contribution < -0.4 is 4.74 Å². The topological polar surface area (TPSA) is 18.5 Å². The molecule has 1 aromatic rings. The summed E-state index contributed by atoms with van der Waals surface area (Å²) < 4.78 is 10.5. The van der Waals surface area contributed by atoms with Crippen LogP contribution in [0.15, 0.2) is 49.1 Å². The SMILES string of the molecule is C=CCC(=C)C(OC)c1ccc(OC)cc1. The minimum absolute atomic E-state index is 0.0797. The van der Waals surface area contributed by atoms with Crippen molar-refractivity contribution in [1.82, 2.24) is 0 Å². The molecule has 0 radical (unpaired) electrons. The fraction of sp³-hybridized carbons (Fsp3) is 0.286. The number of benzene rings is 1. The van der Waals surface area contributed by atoms with Gasteiger partial charge in [0.15, 0.2) is 0 Å². The number of methoxy groups -OCH3 is 2. The van der Waals surface area contributed by atoms with Crippen molar-refractivity contribution in [2.75, 3.05) is 14.2 Å². The monoisotopic (exact) mass is 218 g/mol. The number of hydrogen-bond donors (Lipinski definition) is 0. The third kappa shape index (κ3) is 2.97. The molecule has 86 valence electrons. The van der Waals surface area contributed by atoms with Crippen LogP contribution >= 0.6 is 0 Å². The second-order valence-corrected chi connectivity index (χ2v) is 3.54. The Morgan fingerprint density at radius 2 is 1.94 bits per heavy atom. The molecule has 0 saturated heterocycles. The fourth-order valence-corrected chi connectivity index (χ4v) is 1.61. The summed E-state index contributed by atoms with van der Waals surface area (Å²) in [5.74, 6) is 0.841. The standard InChI is InChI=1S/C14H18O2/c1-5-6-11(2)14(16-4)12-7-9-13(15-3)10-8-12/h5,7-10,14H,1-2,6H2,3-4H3.